The average molecular weight is 210 g/mol. The molecule has 0 aromatic heterocycles. The zero-order valence-corrected chi connectivity index (χ0v) is 9.27. The van der Waals surface area contributed by atoms with Crippen LogP contribution in [-0.2, 0) is 11.3 Å². The van der Waals surface area contributed by atoms with Gasteiger partial charge in [-0.05, 0) is 31.0 Å². The van der Waals surface area contributed by atoms with Crippen molar-refractivity contribution < 1.29 is 14.6 Å². The lowest BCUT2D eigenvalue weighted by Crippen LogP contribution is -2.05. The topological polar surface area (TPSA) is 38.7 Å². The molecule has 3 heteroatoms. The molecule has 0 bridgehead atoms. The first-order chi connectivity index (χ1) is 7.22. The van der Waals surface area contributed by atoms with Crippen LogP contribution in [-0.4, -0.2) is 24.9 Å². The lowest BCUT2D eigenvalue weighted by molar-refractivity contribution is 0.0801. The number of aliphatic hydroxyl groups is 1. The Balaban J connectivity index is 2.25. The van der Waals surface area contributed by atoms with E-state index in [0.717, 1.165) is 11.3 Å². The molecule has 1 unspecified atom stereocenters. The van der Waals surface area contributed by atoms with Crippen LogP contribution in [0, 0.1) is 0 Å². The van der Waals surface area contributed by atoms with Gasteiger partial charge in [0.25, 0.3) is 0 Å². The van der Waals surface area contributed by atoms with Crippen LogP contribution in [0.25, 0.3) is 0 Å². The van der Waals surface area contributed by atoms with E-state index in [0.29, 0.717) is 19.6 Å². The van der Waals surface area contributed by atoms with E-state index in [1.807, 2.05) is 24.3 Å². The number of hydrogen-bond donors (Lipinski definition) is 1. The van der Waals surface area contributed by atoms with Gasteiger partial charge in [0.15, 0.2) is 0 Å². The molecule has 1 N–H and O–H groups in total. The Bertz CT molecular complexity index is 267. The summed E-state index contributed by atoms with van der Waals surface area (Å²) in [6, 6.07) is 7.77. The van der Waals surface area contributed by atoms with Crippen molar-refractivity contribution in [3.8, 4) is 5.75 Å². The van der Waals surface area contributed by atoms with Gasteiger partial charge in [-0.1, -0.05) is 12.1 Å². The van der Waals surface area contributed by atoms with Gasteiger partial charge in [-0.3, -0.25) is 0 Å². The van der Waals surface area contributed by atoms with Gasteiger partial charge in [0, 0.05) is 6.61 Å². The second-order valence-electron chi connectivity index (χ2n) is 3.54. The molecule has 0 amide bonds. The first kappa shape index (κ1) is 12.0. The predicted octanol–water partition coefficient (Wildman–Crippen LogP) is 1.98. The molecule has 0 heterocycles. The summed E-state index contributed by atoms with van der Waals surface area (Å²) in [6.45, 7) is 2.93. The van der Waals surface area contributed by atoms with Crippen LogP contribution in [0.2, 0.25) is 0 Å². The van der Waals surface area contributed by atoms with E-state index in [4.69, 9.17) is 14.6 Å². The Hall–Kier alpha value is -1.06. The van der Waals surface area contributed by atoms with E-state index in [1.54, 1.807) is 14.0 Å². The number of rotatable bonds is 6. The fourth-order valence-electron chi connectivity index (χ4n) is 1.17. The van der Waals surface area contributed by atoms with E-state index >= 15 is 0 Å². The summed E-state index contributed by atoms with van der Waals surface area (Å²) in [5, 5.41) is 9.02. The predicted molar refractivity (Wildman–Crippen MR) is 58.9 cm³/mol. The summed E-state index contributed by atoms with van der Waals surface area (Å²) in [6.07, 6.45) is 0.386. The van der Waals surface area contributed by atoms with Crippen molar-refractivity contribution in [2.75, 3.05) is 13.7 Å². The number of benzene rings is 1. The van der Waals surface area contributed by atoms with Gasteiger partial charge in [0.05, 0.1) is 19.8 Å². The molecule has 0 aliphatic heterocycles. The molecule has 1 aromatic carbocycles. The molecule has 0 saturated heterocycles. The maximum absolute atomic E-state index is 9.02. The van der Waals surface area contributed by atoms with Crippen LogP contribution >= 0.6 is 0 Å². The van der Waals surface area contributed by atoms with Crippen molar-refractivity contribution in [3.05, 3.63) is 29.8 Å². The minimum atomic E-state index is -0.291. The molecular weight excluding hydrogens is 192 g/mol. The van der Waals surface area contributed by atoms with Gasteiger partial charge in [0.1, 0.15) is 5.75 Å². The van der Waals surface area contributed by atoms with Crippen molar-refractivity contribution in [2.24, 2.45) is 0 Å². The minimum Gasteiger partial charge on any atom is -0.497 e. The van der Waals surface area contributed by atoms with Crippen LogP contribution in [0.5, 0.6) is 5.75 Å². The molecule has 0 spiro atoms. The fourth-order valence-corrected chi connectivity index (χ4v) is 1.17. The molecule has 84 valence electrons. The van der Waals surface area contributed by atoms with Crippen LogP contribution in [0.1, 0.15) is 18.9 Å². The Morgan fingerprint density at radius 1 is 1.27 bits per heavy atom. The third-order valence-corrected chi connectivity index (χ3v) is 2.11. The van der Waals surface area contributed by atoms with Crippen molar-refractivity contribution in [3.63, 3.8) is 0 Å². The number of aliphatic hydroxyl groups excluding tert-OH is 1. The lowest BCUT2D eigenvalue weighted by Gasteiger charge is -2.06. The smallest absolute Gasteiger partial charge is 0.118 e. The highest BCUT2D eigenvalue weighted by Crippen LogP contribution is 2.11. The van der Waals surface area contributed by atoms with Crippen LogP contribution in [0.15, 0.2) is 24.3 Å². The third-order valence-electron chi connectivity index (χ3n) is 2.11. The van der Waals surface area contributed by atoms with Gasteiger partial charge in [-0.15, -0.1) is 0 Å². The summed E-state index contributed by atoms with van der Waals surface area (Å²) >= 11 is 0. The first-order valence-electron chi connectivity index (χ1n) is 5.11. The molecule has 15 heavy (non-hydrogen) atoms. The van der Waals surface area contributed by atoms with Crippen LogP contribution < -0.4 is 4.74 Å². The molecule has 1 rings (SSSR count). The van der Waals surface area contributed by atoms with Gasteiger partial charge in [0.2, 0.25) is 0 Å². The van der Waals surface area contributed by atoms with E-state index in [9.17, 15) is 0 Å². The standard InChI is InChI=1S/C12H18O3/c1-10(13)7-8-15-9-11-3-5-12(14-2)6-4-11/h3-6,10,13H,7-9H2,1-2H3. The fraction of sp³-hybridized carbons (Fsp3) is 0.500. The SMILES string of the molecule is COc1ccc(COCCC(C)O)cc1. The van der Waals surface area contributed by atoms with Gasteiger partial charge in [-0.2, -0.15) is 0 Å². The highest BCUT2D eigenvalue weighted by molar-refractivity contribution is 5.26. The third kappa shape index (κ3) is 4.81. The quantitative estimate of drug-likeness (QED) is 0.730. The van der Waals surface area contributed by atoms with Crippen molar-refractivity contribution in [1.29, 1.82) is 0 Å². The van der Waals surface area contributed by atoms with Gasteiger partial charge < -0.3 is 14.6 Å². The van der Waals surface area contributed by atoms with Gasteiger partial charge >= 0.3 is 0 Å². The Morgan fingerprint density at radius 2 is 1.93 bits per heavy atom. The number of methoxy groups -OCH3 is 1. The minimum absolute atomic E-state index is 0.291. The summed E-state index contributed by atoms with van der Waals surface area (Å²) in [7, 11) is 1.65. The molecule has 0 fully saturated rings. The highest BCUT2D eigenvalue weighted by atomic mass is 16.5. The first-order valence-corrected chi connectivity index (χ1v) is 5.11. The van der Waals surface area contributed by atoms with Gasteiger partial charge in [-0.25, -0.2) is 0 Å². The van der Waals surface area contributed by atoms with E-state index in [-0.39, 0.29) is 6.10 Å². The Labute approximate surface area is 90.6 Å². The molecule has 0 aliphatic rings. The second-order valence-corrected chi connectivity index (χ2v) is 3.54. The molecule has 0 saturated carbocycles. The summed E-state index contributed by atoms with van der Waals surface area (Å²) < 4.78 is 10.5. The summed E-state index contributed by atoms with van der Waals surface area (Å²) in [4.78, 5) is 0. The van der Waals surface area contributed by atoms with E-state index < -0.39 is 0 Å². The maximum atomic E-state index is 9.02. The van der Waals surface area contributed by atoms with E-state index in [1.165, 1.54) is 0 Å². The van der Waals surface area contributed by atoms with Crippen molar-refractivity contribution >= 4 is 0 Å². The molecule has 3 nitrogen and oxygen atoms in total. The van der Waals surface area contributed by atoms with Crippen LogP contribution in [0.3, 0.4) is 0 Å². The molecular formula is C12H18O3. The molecule has 1 aromatic rings. The number of ether oxygens (including phenoxy) is 2. The Morgan fingerprint density at radius 3 is 2.47 bits per heavy atom. The molecule has 0 radical (unpaired) electrons. The van der Waals surface area contributed by atoms with E-state index in [2.05, 4.69) is 0 Å². The Kier molecular flexibility index (Phi) is 5.15. The highest BCUT2D eigenvalue weighted by Gasteiger charge is 1.97. The van der Waals surface area contributed by atoms with Crippen molar-refractivity contribution in [1.82, 2.24) is 0 Å². The number of hydrogen-bond acceptors (Lipinski definition) is 3. The van der Waals surface area contributed by atoms with Crippen molar-refractivity contribution in [2.45, 2.75) is 26.1 Å². The molecule has 0 aliphatic carbocycles. The maximum Gasteiger partial charge on any atom is 0.118 e. The normalized spacial score (nSPS) is 12.5. The average Bonchev–Trinajstić information content (AvgIpc) is 2.25. The summed E-state index contributed by atoms with van der Waals surface area (Å²) in [5.74, 6) is 0.850. The summed E-state index contributed by atoms with van der Waals surface area (Å²) in [5.41, 5.74) is 1.11. The zero-order chi connectivity index (χ0) is 11.1. The monoisotopic (exact) mass is 210 g/mol. The largest absolute Gasteiger partial charge is 0.497 e. The van der Waals surface area contributed by atoms with Crippen LogP contribution in [0.4, 0.5) is 0 Å². The molecule has 1 atom stereocenters. The lowest BCUT2D eigenvalue weighted by atomic mass is 10.2. The second kappa shape index (κ2) is 6.43. The zero-order valence-electron chi connectivity index (χ0n) is 9.27.